The number of hydrogen-bond donors (Lipinski definition) is 0. The SMILES string of the molecule is Clc1ccccc1-c1noc(-c2ccc(-c3ccccc3)cc2)n1. The largest absolute Gasteiger partial charge is 0.334 e. The Kier molecular flexibility index (Phi) is 3.85. The standard InChI is InChI=1S/C20H13ClN2O/c21-18-9-5-4-8-17(18)19-22-20(24-23-19)16-12-10-15(11-13-16)14-6-2-1-3-7-14/h1-13H. The summed E-state index contributed by atoms with van der Waals surface area (Å²) in [5, 5.41) is 4.63. The number of nitrogens with zero attached hydrogens (tertiary/aromatic N) is 2. The summed E-state index contributed by atoms with van der Waals surface area (Å²) in [7, 11) is 0. The van der Waals surface area contributed by atoms with Gasteiger partial charge in [0.25, 0.3) is 5.89 Å². The van der Waals surface area contributed by atoms with E-state index in [-0.39, 0.29) is 0 Å². The van der Waals surface area contributed by atoms with Gasteiger partial charge in [0.2, 0.25) is 5.82 Å². The third-order valence-electron chi connectivity index (χ3n) is 3.78. The van der Waals surface area contributed by atoms with Gasteiger partial charge < -0.3 is 4.52 Å². The summed E-state index contributed by atoms with van der Waals surface area (Å²) in [4.78, 5) is 4.45. The average molecular weight is 333 g/mol. The van der Waals surface area contributed by atoms with Crippen molar-refractivity contribution >= 4 is 11.6 Å². The van der Waals surface area contributed by atoms with Gasteiger partial charge >= 0.3 is 0 Å². The second-order valence-electron chi connectivity index (χ2n) is 5.35. The van der Waals surface area contributed by atoms with Crippen LogP contribution in [0, 0.1) is 0 Å². The van der Waals surface area contributed by atoms with Gasteiger partial charge in [0.15, 0.2) is 0 Å². The van der Waals surface area contributed by atoms with Crippen molar-refractivity contribution in [3.63, 3.8) is 0 Å². The predicted molar refractivity (Wildman–Crippen MR) is 95.6 cm³/mol. The Bertz CT molecular complexity index is 962. The van der Waals surface area contributed by atoms with Crippen molar-refractivity contribution in [3.05, 3.63) is 83.9 Å². The van der Waals surface area contributed by atoms with E-state index in [2.05, 4.69) is 22.3 Å². The van der Waals surface area contributed by atoms with Gasteiger partial charge in [0.05, 0.1) is 5.02 Å². The molecule has 3 aromatic carbocycles. The monoisotopic (exact) mass is 332 g/mol. The molecule has 0 radical (unpaired) electrons. The second kappa shape index (κ2) is 6.30. The molecule has 0 aliphatic carbocycles. The molecule has 116 valence electrons. The van der Waals surface area contributed by atoms with Crippen LogP contribution in [0.15, 0.2) is 83.4 Å². The first-order valence-corrected chi connectivity index (χ1v) is 7.93. The first-order chi connectivity index (χ1) is 11.8. The second-order valence-corrected chi connectivity index (χ2v) is 5.75. The molecule has 0 aliphatic rings. The Morgan fingerprint density at radius 2 is 1.29 bits per heavy atom. The highest BCUT2D eigenvalue weighted by Gasteiger charge is 2.12. The quantitative estimate of drug-likeness (QED) is 0.481. The zero-order valence-electron chi connectivity index (χ0n) is 12.7. The molecule has 4 heteroatoms. The maximum Gasteiger partial charge on any atom is 0.258 e. The molecule has 24 heavy (non-hydrogen) atoms. The first kappa shape index (κ1) is 14.7. The number of hydrogen-bond acceptors (Lipinski definition) is 3. The molecule has 0 amide bonds. The van der Waals surface area contributed by atoms with Gasteiger partial charge in [-0.1, -0.05) is 71.4 Å². The van der Waals surface area contributed by atoms with Gasteiger partial charge in [-0.2, -0.15) is 4.98 Å². The van der Waals surface area contributed by atoms with Gasteiger partial charge in [-0.3, -0.25) is 0 Å². The van der Waals surface area contributed by atoms with Crippen molar-refractivity contribution in [2.24, 2.45) is 0 Å². The summed E-state index contributed by atoms with van der Waals surface area (Å²) in [6, 6.07) is 25.7. The Labute approximate surface area is 144 Å². The van der Waals surface area contributed by atoms with Crippen LogP contribution in [0.2, 0.25) is 5.02 Å². The van der Waals surface area contributed by atoms with Gasteiger partial charge in [0.1, 0.15) is 0 Å². The lowest BCUT2D eigenvalue weighted by atomic mass is 10.0. The summed E-state index contributed by atoms with van der Waals surface area (Å²) in [5.74, 6) is 0.965. The Morgan fingerprint density at radius 3 is 2.04 bits per heavy atom. The van der Waals surface area contributed by atoms with Gasteiger partial charge in [0, 0.05) is 11.1 Å². The molecule has 0 atom stereocenters. The van der Waals surface area contributed by atoms with E-state index in [0.717, 1.165) is 16.7 Å². The molecule has 4 aromatic rings. The fraction of sp³-hybridized carbons (Fsp3) is 0. The lowest BCUT2D eigenvalue weighted by Gasteiger charge is -2.01. The normalized spacial score (nSPS) is 10.7. The van der Waals surface area contributed by atoms with Crippen molar-refractivity contribution in [1.82, 2.24) is 10.1 Å². The van der Waals surface area contributed by atoms with E-state index < -0.39 is 0 Å². The van der Waals surface area contributed by atoms with Crippen molar-refractivity contribution < 1.29 is 4.52 Å². The van der Waals surface area contributed by atoms with E-state index in [4.69, 9.17) is 16.1 Å². The zero-order valence-corrected chi connectivity index (χ0v) is 13.4. The molecule has 0 bridgehead atoms. The van der Waals surface area contributed by atoms with E-state index in [1.807, 2.05) is 66.7 Å². The van der Waals surface area contributed by atoms with Gasteiger partial charge in [-0.05, 0) is 35.4 Å². The summed E-state index contributed by atoms with van der Waals surface area (Å²) in [5.41, 5.74) is 3.95. The molecule has 0 N–H and O–H groups in total. The molecule has 0 saturated carbocycles. The van der Waals surface area contributed by atoms with Crippen LogP contribution in [0.3, 0.4) is 0 Å². The Hall–Kier alpha value is -2.91. The van der Waals surface area contributed by atoms with Crippen molar-refractivity contribution in [2.45, 2.75) is 0 Å². The highest BCUT2D eigenvalue weighted by Crippen LogP contribution is 2.28. The van der Waals surface area contributed by atoms with Crippen molar-refractivity contribution in [1.29, 1.82) is 0 Å². The minimum atomic E-state index is 0.476. The maximum atomic E-state index is 6.18. The minimum Gasteiger partial charge on any atom is -0.334 e. The molecule has 0 spiro atoms. The van der Waals surface area contributed by atoms with Crippen LogP contribution in [0.5, 0.6) is 0 Å². The molecule has 0 aliphatic heterocycles. The molecule has 1 heterocycles. The first-order valence-electron chi connectivity index (χ1n) is 7.56. The maximum absolute atomic E-state index is 6.18. The smallest absolute Gasteiger partial charge is 0.258 e. The summed E-state index contributed by atoms with van der Waals surface area (Å²) in [6.45, 7) is 0. The summed E-state index contributed by atoms with van der Waals surface area (Å²) in [6.07, 6.45) is 0. The summed E-state index contributed by atoms with van der Waals surface area (Å²) < 4.78 is 5.39. The zero-order chi connectivity index (χ0) is 16.4. The molecular formula is C20H13ClN2O. The number of aromatic nitrogens is 2. The molecule has 4 rings (SSSR count). The lowest BCUT2D eigenvalue weighted by molar-refractivity contribution is 0.432. The highest BCUT2D eigenvalue weighted by atomic mass is 35.5. The van der Waals surface area contributed by atoms with E-state index in [9.17, 15) is 0 Å². The third-order valence-corrected chi connectivity index (χ3v) is 4.11. The molecule has 0 fully saturated rings. The van der Waals surface area contributed by atoms with Crippen molar-refractivity contribution in [3.8, 4) is 34.0 Å². The number of halogens is 1. The predicted octanol–water partition coefficient (Wildman–Crippen LogP) is 5.72. The van der Waals surface area contributed by atoms with E-state index in [1.165, 1.54) is 5.56 Å². The number of rotatable bonds is 3. The Balaban J connectivity index is 1.65. The molecular weight excluding hydrogens is 320 g/mol. The molecule has 0 saturated heterocycles. The minimum absolute atomic E-state index is 0.476. The fourth-order valence-electron chi connectivity index (χ4n) is 2.53. The van der Waals surface area contributed by atoms with Crippen molar-refractivity contribution in [2.75, 3.05) is 0 Å². The van der Waals surface area contributed by atoms with E-state index in [0.29, 0.717) is 16.7 Å². The van der Waals surface area contributed by atoms with Gasteiger partial charge in [-0.15, -0.1) is 0 Å². The topological polar surface area (TPSA) is 38.9 Å². The Morgan fingerprint density at radius 1 is 0.667 bits per heavy atom. The highest BCUT2D eigenvalue weighted by molar-refractivity contribution is 6.33. The van der Waals surface area contributed by atoms with E-state index >= 15 is 0 Å². The van der Waals surface area contributed by atoms with Crippen LogP contribution >= 0.6 is 11.6 Å². The van der Waals surface area contributed by atoms with E-state index in [1.54, 1.807) is 0 Å². The molecule has 3 nitrogen and oxygen atoms in total. The average Bonchev–Trinajstić information content (AvgIpc) is 3.13. The third kappa shape index (κ3) is 2.82. The van der Waals surface area contributed by atoms with Crippen LogP contribution < -0.4 is 0 Å². The lowest BCUT2D eigenvalue weighted by Crippen LogP contribution is -1.83. The molecule has 0 unspecified atom stereocenters. The van der Waals surface area contributed by atoms with Crippen LogP contribution in [-0.4, -0.2) is 10.1 Å². The van der Waals surface area contributed by atoms with Crippen LogP contribution in [-0.2, 0) is 0 Å². The number of benzene rings is 3. The van der Waals surface area contributed by atoms with Crippen LogP contribution in [0.4, 0.5) is 0 Å². The molecule has 1 aromatic heterocycles. The van der Waals surface area contributed by atoms with Crippen LogP contribution in [0.25, 0.3) is 34.0 Å². The summed E-state index contributed by atoms with van der Waals surface area (Å²) >= 11 is 6.18. The fourth-order valence-corrected chi connectivity index (χ4v) is 2.75. The van der Waals surface area contributed by atoms with Crippen LogP contribution in [0.1, 0.15) is 0 Å². The van der Waals surface area contributed by atoms with Gasteiger partial charge in [-0.25, -0.2) is 0 Å².